The molecule has 0 aliphatic carbocycles. The molecule has 1 unspecified atom stereocenters. The smallest absolute Gasteiger partial charge is 0.141 e. The lowest BCUT2D eigenvalue weighted by atomic mass is 10.2. The number of alkyl halides is 1. The van der Waals surface area contributed by atoms with Gasteiger partial charge < -0.3 is 4.90 Å². The topological polar surface area (TPSA) is 29.0 Å². The molecule has 1 aliphatic rings. The van der Waals surface area contributed by atoms with Gasteiger partial charge in [-0.25, -0.2) is 9.97 Å². The summed E-state index contributed by atoms with van der Waals surface area (Å²) in [7, 11) is 0. The summed E-state index contributed by atoms with van der Waals surface area (Å²) in [6.07, 6.45) is 4.21. The van der Waals surface area contributed by atoms with Gasteiger partial charge in [-0.1, -0.05) is 15.9 Å². The first-order valence-electron chi connectivity index (χ1n) is 6.25. The summed E-state index contributed by atoms with van der Waals surface area (Å²) >= 11 is 5.39. The zero-order valence-corrected chi connectivity index (χ0v) is 13.0. The van der Waals surface area contributed by atoms with Crippen molar-refractivity contribution in [3.05, 3.63) is 16.8 Å². The minimum atomic E-state index is 0.572. The van der Waals surface area contributed by atoms with Crippen LogP contribution in [0.15, 0.2) is 6.33 Å². The average molecular weight is 326 g/mol. The van der Waals surface area contributed by atoms with Crippen molar-refractivity contribution in [3.63, 3.8) is 0 Å². The number of rotatable bonds is 2. The van der Waals surface area contributed by atoms with Gasteiger partial charge in [-0.15, -0.1) is 11.3 Å². The maximum Gasteiger partial charge on any atom is 0.141 e. The molecule has 3 nitrogen and oxygen atoms in total. The van der Waals surface area contributed by atoms with E-state index < -0.39 is 0 Å². The Hall–Kier alpha value is -0.680. The van der Waals surface area contributed by atoms with Crippen molar-refractivity contribution in [1.82, 2.24) is 9.97 Å². The number of fused-ring (bicyclic) bond motifs is 1. The first kappa shape index (κ1) is 12.4. The summed E-state index contributed by atoms with van der Waals surface area (Å²) in [6.45, 7) is 5.45. The van der Waals surface area contributed by atoms with E-state index in [1.165, 1.54) is 28.7 Å². The first-order chi connectivity index (χ1) is 8.72. The number of halogens is 1. The predicted molar refractivity (Wildman–Crippen MR) is 81.1 cm³/mol. The van der Waals surface area contributed by atoms with E-state index in [9.17, 15) is 0 Å². The van der Waals surface area contributed by atoms with Crippen LogP contribution >= 0.6 is 27.3 Å². The van der Waals surface area contributed by atoms with Crippen molar-refractivity contribution in [1.29, 1.82) is 0 Å². The summed E-state index contributed by atoms with van der Waals surface area (Å²) in [6, 6.07) is 0.572. The summed E-state index contributed by atoms with van der Waals surface area (Å²) in [4.78, 5) is 13.9. The van der Waals surface area contributed by atoms with Crippen LogP contribution in [0.25, 0.3) is 10.2 Å². The van der Waals surface area contributed by atoms with Crippen molar-refractivity contribution < 1.29 is 0 Å². The first-order valence-corrected chi connectivity index (χ1v) is 8.19. The number of aryl methyl sites for hydroxylation is 2. The fourth-order valence-corrected chi connectivity index (χ4v) is 4.32. The van der Waals surface area contributed by atoms with Gasteiger partial charge >= 0.3 is 0 Å². The fraction of sp³-hybridized carbons (Fsp3) is 0.538. The molecule has 2 aromatic rings. The van der Waals surface area contributed by atoms with Crippen LogP contribution in [-0.2, 0) is 0 Å². The van der Waals surface area contributed by atoms with E-state index in [4.69, 9.17) is 0 Å². The Bertz CT molecular complexity index is 581. The Morgan fingerprint density at radius 1 is 1.44 bits per heavy atom. The second-order valence-electron chi connectivity index (χ2n) is 4.80. The highest BCUT2D eigenvalue weighted by atomic mass is 79.9. The number of nitrogens with zero attached hydrogens (tertiary/aromatic N) is 3. The van der Waals surface area contributed by atoms with E-state index in [2.05, 4.69) is 44.6 Å². The maximum absolute atomic E-state index is 4.56. The van der Waals surface area contributed by atoms with E-state index in [1.807, 2.05) is 0 Å². The Morgan fingerprint density at radius 3 is 3.06 bits per heavy atom. The van der Waals surface area contributed by atoms with E-state index in [1.54, 1.807) is 17.7 Å². The summed E-state index contributed by atoms with van der Waals surface area (Å²) in [5.41, 5.74) is 1.34. The Labute approximate surface area is 119 Å². The molecular formula is C13H16BrN3S. The molecule has 0 bridgehead atoms. The van der Waals surface area contributed by atoms with Crippen molar-refractivity contribution in [2.75, 3.05) is 16.8 Å². The monoisotopic (exact) mass is 325 g/mol. The van der Waals surface area contributed by atoms with Crippen molar-refractivity contribution in [2.45, 2.75) is 32.7 Å². The summed E-state index contributed by atoms with van der Waals surface area (Å²) in [5, 5.41) is 2.27. The Kier molecular flexibility index (Phi) is 3.28. The molecule has 0 amide bonds. The Morgan fingerprint density at radius 2 is 2.28 bits per heavy atom. The highest BCUT2D eigenvalue weighted by Crippen LogP contribution is 2.36. The lowest BCUT2D eigenvalue weighted by Gasteiger charge is -2.24. The summed E-state index contributed by atoms with van der Waals surface area (Å²) in [5.74, 6) is 1.13. The second-order valence-corrected chi connectivity index (χ2v) is 6.66. The average Bonchev–Trinajstić information content (AvgIpc) is 2.95. The largest absolute Gasteiger partial charge is 0.352 e. The molecule has 0 saturated carbocycles. The molecule has 1 fully saturated rings. The van der Waals surface area contributed by atoms with Crippen molar-refractivity contribution in [2.24, 2.45) is 0 Å². The molecule has 0 spiro atoms. The lowest BCUT2D eigenvalue weighted by Crippen LogP contribution is -2.31. The van der Waals surface area contributed by atoms with Gasteiger partial charge in [0.25, 0.3) is 0 Å². The molecule has 3 rings (SSSR count). The number of thiophene rings is 1. The van der Waals surface area contributed by atoms with Gasteiger partial charge in [0.2, 0.25) is 0 Å². The molecular weight excluding hydrogens is 310 g/mol. The number of aromatic nitrogens is 2. The van der Waals surface area contributed by atoms with Gasteiger partial charge in [-0.05, 0) is 32.3 Å². The minimum absolute atomic E-state index is 0.572. The van der Waals surface area contributed by atoms with Crippen LogP contribution < -0.4 is 4.90 Å². The van der Waals surface area contributed by atoms with Crippen LogP contribution in [0.5, 0.6) is 0 Å². The zero-order valence-electron chi connectivity index (χ0n) is 10.6. The molecule has 3 heterocycles. The van der Waals surface area contributed by atoms with Crippen LogP contribution in [0.3, 0.4) is 0 Å². The third kappa shape index (κ3) is 1.84. The molecule has 1 saturated heterocycles. The van der Waals surface area contributed by atoms with Gasteiger partial charge in [-0.2, -0.15) is 0 Å². The molecule has 0 N–H and O–H groups in total. The fourth-order valence-electron chi connectivity index (χ4n) is 2.66. The van der Waals surface area contributed by atoms with Crippen LogP contribution in [0.4, 0.5) is 5.82 Å². The van der Waals surface area contributed by atoms with Gasteiger partial charge in [0.15, 0.2) is 0 Å². The molecule has 1 aliphatic heterocycles. The number of anilines is 1. The van der Waals surface area contributed by atoms with Crippen LogP contribution in [0, 0.1) is 13.8 Å². The van der Waals surface area contributed by atoms with Crippen molar-refractivity contribution in [3.8, 4) is 0 Å². The molecule has 0 radical (unpaired) electrons. The van der Waals surface area contributed by atoms with Crippen LogP contribution in [-0.4, -0.2) is 27.9 Å². The van der Waals surface area contributed by atoms with Gasteiger partial charge in [0.05, 0.1) is 5.39 Å². The predicted octanol–water partition coefficient (Wildman–Crippen LogP) is 3.67. The third-order valence-corrected chi connectivity index (χ3v) is 5.64. The molecule has 18 heavy (non-hydrogen) atoms. The second kappa shape index (κ2) is 4.78. The van der Waals surface area contributed by atoms with Gasteiger partial charge in [0, 0.05) is 22.8 Å². The van der Waals surface area contributed by atoms with Crippen molar-refractivity contribution >= 4 is 43.3 Å². The third-order valence-electron chi connectivity index (χ3n) is 3.77. The Balaban J connectivity index is 2.16. The zero-order chi connectivity index (χ0) is 12.7. The highest BCUT2D eigenvalue weighted by Gasteiger charge is 2.27. The normalized spacial score (nSPS) is 19.9. The maximum atomic E-state index is 4.56. The molecule has 96 valence electrons. The summed E-state index contributed by atoms with van der Waals surface area (Å²) < 4.78 is 0. The van der Waals surface area contributed by atoms with E-state index >= 15 is 0 Å². The van der Waals surface area contributed by atoms with Crippen LogP contribution in [0.2, 0.25) is 0 Å². The SMILES string of the molecule is Cc1sc2ncnc(N3CCCC3CBr)c2c1C. The van der Waals surface area contributed by atoms with Gasteiger partial charge in [-0.3, -0.25) is 0 Å². The highest BCUT2D eigenvalue weighted by molar-refractivity contribution is 9.09. The quantitative estimate of drug-likeness (QED) is 0.789. The van der Waals surface area contributed by atoms with E-state index in [-0.39, 0.29) is 0 Å². The van der Waals surface area contributed by atoms with Gasteiger partial charge in [0.1, 0.15) is 17.0 Å². The van der Waals surface area contributed by atoms with Crippen LogP contribution in [0.1, 0.15) is 23.3 Å². The van der Waals surface area contributed by atoms with E-state index in [0.29, 0.717) is 6.04 Å². The molecule has 2 aromatic heterocycles. The molecule has 5 heteroatoms. The molecule has 0 aromatic carbocycles. The minimum Gasteiger partial charge on any atom is -0.352 e. The molecule has 1 atom stereocenters. The standard InChI is InChI=1S/C13H16BrN3S/c1-8-9(2)18-13-11(8)12(15-7-16-13)17-5-3-4-10(17)6-14/h7,10H,3-6H2,1-2H3. The number of hydrogen-bond acceptors (Lipinski definition) is 4. The lowest BCUT2D eigenvalue weighted by molar-refractivity contribution is 0.743. The van der Waals surface area contributed by atoms with E-state index in [0.717, 1.165) is 22.5 Å². The number of hydrogen-bond donors (Lipinski definition) is 0.